The normalized spacial score (nSPS) is 12.7. The Morgan fingerprint density at radius 1 is 0.463 bits per heavy atom. The van der Waals surface area contributed by atoms with E-state index in [4.69, 9.17) is 28.1 Å². The van der Waals surface area contributed by atoms with Crippen LogP contribution in [0.1, 0.15) is 148 Å². The van der Waals surface area contributed by atoms with E-state index in [2.05, 4.69) is 0 Å². The summed E-state index contributed by atoms with van der Waals surface area (Å²) >= 11 is 0. The maximum Gasteiger partial charge on any atom is 0.416 e. The van der Waals surface area contributed by atoms with Crippen LogP contribution in [0.3, 0.4) is 0 Å². The molecule has 1 aromatic heterocycles. The molecule has 1 atom stereocenters. The van der Waals surface area contributed by atoms with Crippen molar-refractivity contribution in [2.45, 2.75) is 146 Å². The second-order valence-electron chi connectivity index (χ2n) is 15.7. The van der Waals surface area contributed by atoms with Gasteiger partial charge in [-0.25, -0.2) is 4.79 Å². The van der Waals surface area contributed by atoms with Crippen LogP contribution in [0.2, 0.25) is 0 Å². The van der Waals surface area contributed by atoms with Crippen LogP contribution >= 0.6 is 0 Å². The predicted molar refractivity (Wildman–Crippen MR) is 217 cm³/mol. The van der Waals surface area contributed by atoms with Crippen LogP contribution in [-0.2, 0) is 48.5 Å². The number of rotatable bonds is 30. The third-order valence-corrected chi connectivity index (χ3v) is 10.1. The third kappa shape index (κ3) is 23.0. The summed E-state index contributed by atoms with van der Waals surface area (Å²) < 4.78 is 188. The number of hydrogen-bond acceptors (Lipinski definition) is 9. The Balaban J connectivity index is 1.25. The van der Waals surface area contributed by atoms with E-state index in [1.807, 2.05) is 0 Å². The van der Waals surface area contributed by atoms with Crippen LogP contribution in [0.25, 0.3) is 0 Å². The van der Waals surface area contributed by atoms with Crippen molar-refractivity contribution in [1.29, 1.82) is 0 Å². The lowest BCUT2D eigenvalue weighted by molar-refractivity contribution is -0.161. The average molecular weight is 979 g/mol. The van der Waals surface area contributed by atoms with E-state index in [0.717, 1.165) is 51.4 Å². The lowest BCUT2D eigenvalue weighted by Crippen LogP contribution is -2.30. The minimum absolute atomic E-state index is 0.0390. The van der Waals surface area contributed by atoms with E-state index in [1.54, 1.807) is 0 Å². The zero-order valence-corrected chi connectivity index (χ0v) is 36.5. The Kier molecular flexibility index (Phi) is 23.2. The predicted octanol–water partition coefficient (Wildman–Crippen LogP) is 14.1. The van der Waals surface area contributed by atoms with Crippen molar-refractivity contribution in [2.24, 2.45) is 0 Å². The van der Waals surface area contributed by atoms with Gasteiger partial charge < -0.3 is 28.1 Å². The van der Waals surface area contributed by atoms with Gasteiger partial charge in [0.1, 0.15) is 24.7 Å². The number of esters is 3. The number of ether oxygens (including phenoxy) is 5. The first-order valence-corrected chi connectivity index (χ1v) is 21.9. The number of furan rings is 1. The lowest BCUT2D eigenvalue weighted by atomic mass is 10.1. The molecule has 9 nitrogen and oxygen atoms in total. The molecule has 3 aromatic rings. The summed E-state index contributed by atoms with van der Waals surface area (Å²) in [6, 6.07) is 5.10. The highest BCUT2D eigenvalue weighted by Gasteiger charge is 2.38. The molecule has 0 saturated carbocycles. The number of carbonyl (C=O) groups excluding carboxylic acids is 3. The number of hydrogen-bond donors (Lipinski definition) is 0. The molecule has 2 aromatic carbocycles. The van der Waals surface area contributed by atoms with Crippen LogP contribution in [0.15, 0.2) is 59.2 Å². The first-order valence-electron chi connectivity index (χ1n) is 21.9. The minimum Gasteiger partial charge on any atom is -0.494 e. The Bertz CT molecular complexity index is 1860. The summed E-state index contributed by atoms with van der Waals surface area (Å²) in [4.78, 5) is 37.4. The molecular weight excluding hydrogens is 924 g/mol. The average Bonchev–Trinajstić information content (AvgIpc) is 3.80. The monoisotopic (exact) mass is 978 g/mol. The molecule has 67 heavy (non-hydrogen) atoms. The van der Waals surface area contributed by atoms with E-state index < -0.39 is 89.1 Å². The number of alkyl halides is 12. The van der Waals surface area contributed by atoms with E-state index in [1.165, 1.54) is 18.4 Å². The topological polar surface area (TPSA) is 111 Å². The number of halogens is 12. The number of benzene rings is 2. The molecule has 0 radical (unpaired) electrons. The molecule has 1 unspecified atom stereocenters. The van der Waals surface area contributed by atoms with E-state index in [0.29, 0.717) is 75.6 Å². The molecule has 1 heterocycles. The molecule has 376 valence electrons. The van der Waals surface area contributed by atoms with Crippen molar-refractivity contribution >= 4 is 17.9 Å². The van der Waals surface area contributed by atoms with Crippen molar-refractivity contribution in [3.63, 3.8) is 0 Å². The van der Waals surface area contributed by atoms with Crippen LogP contribution < -0.4 is 9.47 Å². The highest BCUT2D eigenvalue weighted by atomic mass is 19.4. The quantitative estimate of drug-likeness (QED) is 0.0279. The van der Waals surface area contributed by atoms with Gasteiger partial charge in [0.25, 0.3) is 0 Å². The molecule has 0 fully saturated rings. The highest BCUT2D eigenvalue weighted by Crippen LogP contribution is 2.39. The summed E-state index contributed by atoms with van der Waals surface area (Å²) in [6.45, 7) is -0.876. The highest BCUT2D eigenvalue weighted by molar-refractivity contribution is 5.86. The van der Waals surface area contributed by atoms with Gasteiger partial charge in [-0.1, -0.05) is 77.0 Å². The Hall–Kier alpha value is -5.11. The van der Waals surface area contributed by atoms with Crippen LogP contribution in [0, 0.1) is 0 Å². The van der Waals surface area contributed by atoms with Gasteiger partial charge in [0.15, 0.2) is 6.10 Å². The Labute approximate surface area is 379 Å². The molecule has 0 N–H and O–H groups in total. The van der Waals surface area contributed by atoms with Crippen molar-refractivity contribution in [3.8, 4) is 11.5 Å². The van der Waals surface area contributed by atoms with Gasteiger partial charge in [0, 0.05) is 12.8 Å². The summed E-state index contributed by atoms with van der Waals surface area (Å²) in [5.74, 6) is -3.06. The second kappa shape index (κ2) is 27.6. The molecule has 0 aliphatic heterocycles. The molecule has 21 heteroatoms. The minimum atomic E-state index is -4.96. The molecular formula is C46H54F12O9. The molecule has 3 rings (SSSR count). The van der Waals surface area contributed by atoms with E-state index in [9.17, 15) is 67.1 Å². The van der Waals surface area contributed by atoms with Gasteiger partial charge in [0.05, 0.1) is 41.7 Å². The van der Waals surface area contributed by atoms with Crippen molar-refractivity contribution < 1.29 is 95.2 Å². The molecule has 0 bridgehead atoms. The largest absolute Gasteiger partial charge is 0.494 e. The fourth-order valence-corrected chi connectivity index (χ4v) is 6.52. The first kappa shape index (κ1) is 56.2. The van der Waals surface area contributed by atoms with Crippen LogP contribution in [-0.4, -0.2) is 50.4 Å². The fourth-order valence-electron chi connectivity index (χ4n) is 6.52. The lowest BCUT2D eigenvalue weighted by Gasteiger charge is -2.18. The maximum absolute atomic E-state index is 13.1. The van der Waals surface area contributed by atoms with Crippen LogP contribution in [0.5, 0.6) is 11.5 Å². The van der Waals surface area contributed by atoms with Crippen molar-refractivity contribution in [3.05, 3.63) is 82.8 Å². The summed E-state index contributed by atoms with van der Waals surface area (Å²) in [5, 5.41) is 0. The standard InChI is InChI=1S/C46H54F12O9/c47-43(48,49)32-24-33(44(50,51)52)27-36(26-32)62-21-15-11-7-3-1-5-9-13-19-40(59)65-30-38(31-66-42(61)39-18-17-23-64-39)67-41(60)20-14-10-6-2-4-8-12-16-22-63-37-28-34(45(53,54)55)25-35(29-37)46(56,57)58/h17-18,23-29,38H,1-16,19-22,30-31H2. The maximum atomic E-state index is 13.1. The zero-order chi connectivity index (χ0) is 49.5. The summed E-state index contributed by atoms with van der Waals surface area (Å²) in [5.41, 5.74) is -5.78. The van der Waals surface area contributed by atoms with Gasteiger partial charge in [-0.2, -0.15) is 52.7 Å². The second-order valence-corrected chi connectivity index (χ2v) is 15.7. The molecule has 0 spiro atoms. The molecule has 0 amide bonds. The molecule has 0 saturated heterocycles. The Morgan fingerprint density at radius 3 is 1.19 bits per heavy atom. The van der Waals surface area contributed by atoms with E-state index in [-0.39, 0.29) is 50.6 Å². The van der Waals surface area contributed by atoms with Crippen molar-refractivity contribution in [1.82, 2.24) is 0 Å². The fraction of sp³-hybridized carbons (Fsp3) is 0.587. The van der Waals surface area contributed by atoms with Crippen LogP contribution in [0.4, 0.5) is 52.7 Å². The smallest absolute Gasteiger partial charge is 0.416 e. The molecule has 0 aliphatic carbocycles. The summed E-state index contributed by atoms with van der Waals surface area (Å²) in [7, 11) is 0. The first-order chi connectivity index (χ1) is 31.5. The number of unbranched alkanes of at least 4 members (excludes halogenated alkanes) is 14. The van der Waals surface area contributed by atoms with E-state index >= 15 is 0 Å². The Morgan fingerprint density at radius 2 is 0.821 bits per heavy atom. The third-order valence-electron chi connectivity index (χ3n) is 10.1. The van der Waals surface area contributed by atoms with Gasteiger partial charge in [-0.3, -0.25) is 9.59 Å². The van der Waals surface area contributed by atoms with Gasteiger partial charge in [-0.05, 0) is 74.2 Å². The summed E-state index contributed by atoms with van der Waals surface area (Å²) in [6.07, 6.45) is -8.69. The molecule has 0 aliphatic rings. The van der Waals surface area contributed by atoms with Gasteiger partial charge >= 0.3 is 42.6 Å². The van der Waals surface area contributed by atoms with Gasteiger partial charge in [-0.15, -0.1) is 0 Å². The number of carbonyl (C=O) groups is 3. The SMILES string of the molecule is O=C(CCCCCCCCCCOc1cc(C(F)(F)F)cc(C(F)(F)F)c1)OCC(COC(=O)c1ccco1)OC(=O)CCCCCCCCCCOc1cc(C(F)(F)F)cc(C(F)(F)F)c1. The van der Waals surface area contributed by atoms with Crippen molar-refractivity contribution in [2.75, 3.05) is 26.4 Å². The van der Waals surface area contributed by atoms with Gasteiger partial charge in [0.2, 0.25) is 5.76 Å². The zero-order valence-electron chi connectivity index (χ0n) is 36.5.